The first-order valence-corrected chi connectivity index (χ1v) is 11.0. The molecule has 7 heteroatoms. The van der Waals surface area contributed by atoms with Gasteiger partial charge in [-0.2, -0.15) is 0 Å². The van der Waals surface area contributed by atoms with Crippen molar-refractivity contribution in [1.82, 2.24) is 4.90 Å². The van der Waals surface area contributed by atoms with Gasteiger partial charge in [0.15, 0.2) is 0 Å². The summed E-state index contributed by atoms with van der Waals surface area (Å²) in [5.41, 5.74) is 1.30. The quantitative estimate of drug-likeness (QED) is 0.702. The lowest BCUT2D eigenvalue weighted by Crippen LogP contribution is -2.41. The lowest BCUT2D eigenvalue weighted by molar-refractivity contribution is -0.134. The Morgan fingerprint density at radius 2 is 1.62 bits per heavy atom. The fraction of sp³-hybridized carbons (Fsp3) is 0.227. The van der Waals surface area contributed by atoms with Gasteiger partial charge in [-0.3, -0.25) is 9.52 Å². The molecule has 1 saturated heterocycles. The molecule has 150 valence electrons. The smallest absolute Gasteiger partial charge is 0.262 e. The first kappa shape index (κ1) is 19.4. The maximum atomic E-state index is 12.9. The summed E-state index contributed by atoms with van der Waals surface area (Å²) in [6, 6.07) is 19.5. The average Bonchev–Trinajstić information content (AvgIpc) is 2.75. The number of amides is 1. The fourth-order valence-electron chi connectivity index (χ4n) is 3.43. The van der Waals surface area contributed by atoms with Gasteiger partial charge in [-0.25, -0.2) is 8.42 Å². The van der Waals surface area contributed by atoms with Crippen LogP contribution in [0.25, 0.3) is 10.8 Å². The molecule has 4 rings (SSSR count). The van der Waals surface area contributed by atoms with Crippen LogP contribution in [0.3, 0.4) is 0 Å². The highest BCUT2D eigenvalue weighted by atomic mass is 32.2. The van der Waals surface area contributed by atoms with E-state index >= 15 is 0 Å². The molecular weight excluding hydrogens is 388 g/mol. The molecule has 0 bridgehead atoms. The number of nitrogens with one attached hydrogen (secondary N) is 1. The summed E-state index contributed by atoms with van der Waals surface area (Å²) in [4.78, 5) is 14.4. The third-order valence-corrected chi connectivity index (χ3v) is 6.40. The standard InChI is InChI=1S/C22H22N2O4S/c25-22(24-12-14-28-15-13-24)16-17-8-10-19(11-9-17)23-29(26,27)21-7-3-5-18-4-1-2-6-20(18)21/h1-11,23H,12-16H2. The molecule has 1 aliphatic heterocycles. The molecule has 1 heterocycles. The Morgan fingerprint density at radius 1 is 0.931 bits per heavy atom. The Hall–Kier alpha value is -2.90. The molecule has 0 aromatic heterocycles. The summed E-state index contributed by atoms with van der Waals surface area (Å²) in [5, 5.41) is 1.54. The monoisotopic (exact) mass is 410 g/mol. The van der Waals surface area contributed by atoms with Crippen LogP contribution in [0.4, 0.5) is 5.69 Å². The third kappa shape index (κ3) is 4.41. The lowest BCUT2D eigenvalue weighted by Gasteiger charge is -2.26. The van der Waals surface area contributed by atoms with Gasteiger partial charge >= 0.3 is 0 Å². The number of benzene rings is 3. The molecule has 3 aromatic rings. The summed E-state index contributed by atoms with van der Waals surface area (Å²) >= 11 is 0. The van der Waals surface area contributed by atoms with Crippen LogP contribution in [0, 0.1) is 0 Å². The molecule has 0 spiro atoms. The van der Waals surface area contributed by atoms with Crippen LogP contribution in [-0.4, -0.2) is 45.5 Å². The SMILES string of the molecule is O=C(Cc1ccc(NS(=O)(=O)c2cccc3ccccc23)cc1)N1CCOCC1. The molecular formula is C22H22N2O4S. The Labute approximate surface area is 170 Å². The Bertz CT molecular complexity index is 1120. The van der Waals surface area contributed by atoms with Gasteiger partial charge in [0.05, 0.1) is 24.5 Å². The van der Waals surface area contributed by atoms with Gasteiger partial charge in [-0.1, -0.05) is 48.5 Å². The zero-order chi connectivity index (χ0) is 20.3. The van der Waals surface area contributed by atoms with Crippen molar-refractivity contribution in [2.45, 2.75) is 11.3 Å². The normalized spacial score (nSPS) is 14.7. The first-order valence-electron chi connectivity index (χ1n) is 9.48. The van der Waals surface area contributed by atoms with E-state index in [4.69, 9.17) is 4.74 Å². The van der Waals surface area contributed by atoms with Crippen LogP contribution in [0.2, 0.25) is 0 Å². The maximum absolute atomic E-state index is 12.9. The number of morpholine rings is 1. The highest BCUT2D eigenvalue weighted by Crippen LogP contribution is 2.25. The van der Waals surface area contributed by atoms with Crippen LogP contribution in [-0.2, 0) is 26.0 Å². The predicted octanol–water partition coefficient (Wildman–Crippen LogP) is 3.04. The molecule has 3 aromatic carbocycles. The van der Waals surface area contributed by atoms with Gasteiger partial charge in [0.2, 0.25) is 5.91 Å². The van der Waals surface area contributed by atoms with Gasteiger partial charge < -0.3 is 9.64 Å². The summed E-state index contributed by atoms with van der Waals surface area (Å²) in [6.45, 7) is 2.37. The molecule has 1 amide bonds. The van der Waals surface area contributed by atoms with E-state index in [0.29, 0.717) is 37.4 Å². The highest BCUT2D eigenvalue weighted by Gasteiger charge is 2.19. The van der Waals surface area contributed by atoms with Crippen molar-refractivity contribution in [3.63, 3.8) is 0 Å². The molecule has 1 aliphatic rings. The van der Waals surface area contributed by atoms with Gasteiger partial charge in [0, 0.05) is 24.2 Å². The molecule has 0 radical (unpaired) electrons. The minimum absolute atomic E-state index is 0.0531. The molecule has 6 nitrogen and oxygen atoms in total. The van der Waals surface area contributed by atoms with Gasteiger partial charge in [-0.05, 0) is 29.1 Å². The summed E-state index contributed by atoms with van der Waals surface area (Å²) < 4.78 is 33.7. The Balaban J connectivity index is 1.48. The highest BCUT2D eigenvalue weighted by molar-refractivity contribution is 7.93. The second-order valence-electron chi connectivity index (χ2n) is 6.95. The number of carbonyl (C=O) groups excluding carboxylic acids is 1. The van der Waals surface area contributed by atoms with E-state index in [1.165, 1.54) is 0 Å². The number of rotatable bonds is 5. The van der Waals surface area contributed by atoms with Gasteiger partial charge in [0.1, 0.15) is 0 Å². The van der Waals surface area contributed by atoms with E-state index < -0.39 is 10.0 Å². The van der Waals surface area contributed by atoms with Crippen molar-refractivity contribution in [3.8, 4) is 0 Å². The minimum atomic E-state index is -3.73. The molecule has 29 heavy (non-hydrogen) atoms. The molecule has 1 N–H and O–H groups in total. The topological polar surface area (TPSA) is 75.7 Å². The Morgan fingerprint density at radius 3 is 2.38 bits per heavy atom. The van der Waals surface area contributed by atoms with Crippen molar-refractivity contribution in [2.75, 3.05) is 31.0 Å². The van der Waals surface area contributed by atoms with Gasteiger partial charge in [-0.15, -0.1) is 0 Å². The number of fused-ring (bicyclic) bond motifs is 1. The number of hydrogen-bond donors (Lipinski definition) is 1. The number of sulfonamides is 1. The van der Waals surface area contributed by atoms with Crippen LogP contribution < -0.4 is 4.72 Å². The van der Waals surface area contributed by atoms with Crippen molar-refractivity contribution >= 4 is 32.4 Å². The van der Waals surface area contributed by atoms with Crippen LogP contribution in [0.1, 0.15) is 5.56 Å². The lowest BCUT2D eigenvalue weighted by atomic mass is 10.1. The second-order valence-corrected chi connectivity index (χ2v) is 8.60. The number of ether oxygens (including phenoxy) is 1. The van der Waals surface area contributed by atoms with Crippen molar-refractivity contribution < 1.29 is 17.9 Å². The van der Waals surface area contributed by atoms with E-state index in [2.05, 4.69) is 4.72 Å². The number of anilines is 1. The average molecular weight is 410 g/mol. The summed E-state index contributed by atoms with van der Waals surface area (Å²) in [6.07, 6.45) is 0.288. The van der Waals surface area contributed by atoms with Crippen molar-refractivity contribution in [1.29, 1.82) is 0 Å². The van der Waals surface area contributed by atoms with Crippen LogP contribution in [0.15, 0.2) is 71.6 Å². The largest absolute Gasteiger partial charge is 0.378 e. The maximum Gasteiger partial charge on any atom is 0.262 e. The molecule has 1 fully saturated rings. The fourth-order valence-corrected chi connectivity index (χ4v) is 4.72. The van der Waals surface area contributed by atoms with E-state index in [1.54, 1.807) is 47.4 Å². The predicted molar refractivity (Wildman–Crippen MR) is 112 cm³/mol. The first-order chi connectivity index (χ1) is 14.0. The molecule has 0 unspecified atom stereocenters. The summed E-state index contributed by atoms with van der Waals surface area (Å²) in [7, 11) is -3.73. The van der Waals surface area contributed by atoms with E-state index in [1.807, 2.05) is 24.3 Å². The second kappa shape index (κ2) is 8.23. The third-order valence-electron chi connectivity index (χ3n) is 4.96. The summed E-state index contributed by atoms with van der Waals surface area (Å²) in [5.74, 6) is 0.0531. The van der Waals surface area contributed by atoms with E-state index in [9.17, 15) is 13.2 Å². The molecule has 0 atom stereocenters. The van der Waals surface area contributed by atoms with Crippen LogP contribution >= 0.6 is 0 Å². The number of hydrogen-bond acceptors (Lipinski definition) is 4. The number of carbonyl (C=O) groups is 1. The van der Waals surface area contributed by atoms with E-state index in [-0.39, 0.29) is 17.2 Å². The minimum Gasteiger partial charge on any atom is -0.378 e. The zero-order valence-electron chi connectivity index (χ0n) is 15.9. The van der Waals surface area contributed by atoms with E-state index in [0.717, 1.165) is 10.9 Å². The van der Waals surface area contributed by atoms with Gasteiger partial charge in [0.25, 0.3) is 10.0 Å². The van der Waals surface area contributed by atoms with Crippen LogP contribution in [0.5, 0.6) is 0 Å². The zero-order valence-corrected chi connectivity index (χ0v) is 16.7. The van der Waals surface area contributed by atoms with Crippen molar-refractivity contribution in [2.24, 2.45) is 0 Å². The molecule has 0 aliphatic carbocycles. The number of nitrogens with zero attached hydrogens (tertiary/aromatic N) is 1. The Kier molecular flexibility index (Phi) is 5.51. The van der Waals surface area contributed by atoms with Crippen molar-refractivity contribution in [3.05, 3.63) is 72.3 Å². The molecule has 0 saturated carbocycles.